The Kier molecular flexibility index (Phi) is 4.54. The van der Waals surface area contributed by atoms with Gasteiger partial charge in [-0.1, -0.05) is 11.1 Å². The summed E-state index contributed by atoms with van der Waals surface area (Å²) in [5.74, 6) is 3.78. The monoisotopic (exact) mass is 235 g/mol. The Bertz CT molecular complexity index is 377. The highest BCUT2D eigenvalue weighted by Gasteiger charge is 2.17. The first-order valence-electron chi connectivity index (χ1n) is 5.95. The van der Waals surface area contributed by atoms with Gasteiger partial charge in [0.2, 0.25) is 5.89 Å². The van der Waals surface area contributed by atoms with Gasteiger partial charge in [-0.15, -0.1) is 6.42 Å². The molecule has 1 fully saturated rings. The van der Waals surface area contributed by atoms with Crippen molar-refractivity contribution in [3.05, 3.63) is 11.7 Å². The van der Waals surface area contributed by atoms with Crippen LogP contribution in [0.5, 0.6) is 0 Å². The molecule has 1 aromatic rings. The van der Waals surface area contributed by atoms with Gasteiger partial charge in [-0.2, -0.15) is 4.98 Å². The van der Waals surface area contributed by atoms with Crippen molar-refractivity contribution < 1.29 is 9.26 Å². The second kappa shape index (κ2) is 6.38. The smallest absolute Gasteiger partial charge is 0.240 e. The maximum Gasteiger partial charge on any atom is 0.240 e. The van der Waals surface area contributed by atoms with Crippen LogP contribution >= 0.6 is 0 Å². The van der Waals surface area contributed by atoms with Crippen LogP contribution in [0.2, 0.25) is 0 Å². The molecule has 1 aliphatic rings. The Morgan fingerprint density at radius 3 is 3.18 bits per heavy atom. The molecule has 1 aliphatic heterocycles. The molecule has 0 bridgehead atoms. The number of rotatable bonds is 5. The van der Waals surface area contributed by atoms with Crippen molar-refractivity contribution in [3.63, 3.8) is 0 Å². The van der Waals surface area contributed by atoms with Crippen molar-refractivity contribution >= 4 is 0 Å². The van der Waals surface area contributed by atoms with Crippen LogP contribution in [0.25, 0.3) is 0 Å². The normalized spacial score (nSPS) is 20.1. The summed E-state index contributed by atoms with van der Waals surface area (Å²) in [5, 5.41) is 6.94. The zero-order valence-electron chi connectivity index (χ0n) is 9.82. The van der Waals surface area contributed by atoms with Crippen LogP contribution in [0.15, 0.2) is 4.52 Å². The number of aromatic nitrogens is 2. The third kappa shape index (κ3) is 3.84. The molecule has 0 spiro atoms. The number of hydrogen-bond acceptors (Lipinski definition) is 5. The molecule has 5 nitrogen and oxygen atoms in total. The summed E-state index contributed by atoms with van der Waals surface area (Å²) in [6.45, 7) is 1.87. The SMILES string of the molecule is C#CCNCc1nc(CC2CCCCO2)no1. The van der Waals surface area contributed by atoms with E-state index in [9.17, 15) is 0 Å². The molecule has 0 radical (unpaired) electrons. The van der Waals surface area contributed by atoms with Crippen LogP contribution in [-0.2, 0) is 17.7 Å². The highest BCUT2D eigenvalue weighted by Crippen LogP contribution is 2.15. The van der Waals surface area contributed by atoms with Crippen molar-refractivity contribution in [2.75, 3.05) is 13.2 Å². The van der Waals surface area contributed by atoms with Crippen LogP contribution in [0, 0.1) is 12.3 Å². The molecule has 1 saturated heterocycles. The van der Waals surface area contributed by atoms with Crippen LogP contribution < -0.4 is 5.32 Å². The second-order valence-corrected chi connectivity index (χ2v) is 4.10. The molecule has 17 heavy (non-hydrogen) atoms. The summed E-state index contributed by atoms with van der Waals surface area (Å²) in [6, 6.07) is 0. The van der Waals surface area contributed by atoms with Gasteiger partial charge in [0.1, 0.15) is 0 Å². The van der Waals surface area contributed by atoms with Crippen molar-refractivity contribution in [2.24, 2.45) is 0 Å². The van der Waals surface area contributed by atoms with Gasteiger partial charge in [0.25, 0.3) is 0 Å². The lowest BCUT2D eigenvalue weighted by Crippen LogP contribution is -2.22. The first-order chi connectivity index (χ1) is 8.38. The van der Waals surface area contributed by atoms with Crippen molar-refractivity contribution in [1.82, 2.24) is 15.5 Å². The van der Waals surface area contributed by atoms with Gasteiger partial charge in [0.15, 0.2) is 5.82 Å². The molecule has 5 heteroatoms. The Morgan fingerprint density at radius 1 is 1.47 bits per heavy atom. The number of terminal acetylenes is 1. The minimum absolute atomic E-state index is 0.243. The summed E-state index contributed by atoms with van der Waals surface area (Å²) < 4.78 is 10.7. The van der Waals surface area contributed by atoms with Crippen LogP contribution in [0.1, 0.15) is 31.0 Å². The first-order valence-corrected chi connectivity index (χ1v) is 5.95. The van der Waals surface area contributed by atoms with E-state index in [4.69, 9.17) is 15.7 Å². The molecule has 92 valence electrons. The van der Waals surface area contributed by atoms with Crippen molar-refractivity contribution in [2.45, 2.75) is 38.3 Å². The first kappa shape index (κ1) is 12.1. The van der Waals surface area contributed by atoms with Crippen LogP contribution in [0.3, 0.4) is 0 Å². The molecule has 1 aromatic heterocycles. The lowest BCUT2D eigenvalue weighted by Gasteiger charge is -2.20. The lowest BCUT2D eigenvalue weighted by molar-refractivity contribution is 0.0153. The van der Waals surface area contributed by atoms with E-state index in [-0.39, 0.29) is 6.10 Å². The van der Waals surface area contributed by atoms with Gasteiger partial charge in [0, 0.05) is 13.0 Å². The summed E-state index contributed by atoms with van der Waals surface area (Å²) in [5.41, 5.74) is 0. The number of ether oxygens (including phenoxy) is 1. The third-order valence-corrected chi connectivity index (χ3v) is 2.70. The zero-order chi connectivity index (χ0) is 11.9. The van der Waals surface area contributed by atoms with Crippen LogP contribution in [0.4, 0.5) is 0 Å². The van der Waals surface area contributed by atoms with E-state index in [1.807, 2.05) is 0 Å². The van der Waals surface area contributed by atoms with E-state index in [1.165, 1.54) is 6.42 Å². The zero-order valence-corrected chi connectivity index (χ0v) is 9.82. The highest BCUT2D eigenvalue weighted by molar-refractivity contribution is 4.91. The number of nitrogens with one attached hydrogen (secondary N) is 1. The maximum atomic E-state index is 5.63. The van der Waals surface area contributed by atoms with E-state index in [1.54, 1.807) is 0 Å². The largest absolute Gasteiger partial charge is 0.378 e. The minimum Gasteiger partial charge on any atom is -0.378 e. The molecule has 0 aliphatic carbocycles. The molecule has 0 saturated carbocycles. The average molecular weight is 235 g/mol. The van der Waals surface area contributed by atoms with Crippen molar-refractivity contribution in [3.8, 4) is 12.3 Å². The molecule has 1 N–H and O–H groups in total. The maximum absolute atomic E-state index is 5.63. The molecular formula is C12H17N3O2. The topological polar surface area (TPSA) is 60.2 Å². The van der Waals surface area contributed by atoms with E-state index in [0.717, 1.165) is 31.7 Å². The predicted molar refractivity (Wildman–Crippen MR) is 62.1 cm³/mol. The number of nitrogens with zero attached hydrogens (tertiary/aromatic N) is 2. The fourth-order valence-electron chi connectivity index (χ4n) is 1.86. The lowest BCUT2D eigenvalue weighted by atomic mass is 10.1. The fraction of sp³-hybridized carbons (Fsp3) is 0.667. The van der Waals surface area contributed by atoms with E-state index in [2.05, 4.69) is 21.4 Å². The van der Waals surface area contributed by atoms with Gasteiger partial charge in [0.05, 0.1) is 19.2 Å². The van der Waals surface area contributed by atoms with Gasteiger partial charge >= 0.3 is 0 Å². The third-order valence-electron chi connectivity index (χ3n) is 2.70. The van der Waals surface area contributed by atoms with E-state index < -0.39 is 0 Å². The molecule has 1 unspecified atom stereocenters. The molecule has 0 amide bonds. The number of hydrogen-bond donors (Lipinski definition) is 1. The van der Waals surface area contributed by atoms with Crippen LogP contribution in [-0.4, -0.2) is 29.4 Å². The standard InChI is InChI=1S/C12H17N3O2/c1-2-6-13-9-12-14-11(15-17-12)8-10-5-3-4-7-16-10/h1,10,13H,3-9H2. The van der Waals surface area contributed by atoms with Gasteiger partial charge in [-0.25, -0.2) is 0 Å². The molecule has 0 aromatic carbocycles. The van der Waals surface area contributed by atoms with Gasteiger partial charge in [-0.05, 0) is 19.3 Å². The Labute approximate surface area is 101 Å². The molecular weight excluding hydrogens is 218 g/mol. The Morgan fingerprint density at radius 2 is 2.41 bits per heavy atom. The molecule has 2 heterocycles. The minimum atomic E-state index is 0.243. The van der Waals surface area contributed by atoms with Crippen molar-refractivity contribution in [1.29, 1.82) is 0 Å². The predicted octanol–water partition coefficient (Wildman–Crippen LogP) is 0.904. The highest BCUT2D eigenvalue weighted by atomic mass is 16.5. The molecule has 2 rings (SSSR count). The van der Waals surface area contributed by atoms with E-state index in [0.29, 0.717) is 19.0 Å². The summed E-state index contributed by atoms with van der Waals surface area (Å²) in [7, 11) is 0. The quantitative estimate of drug-likeness (QED) is 0.607. The van der Waals surface area contributed by atoms with Gasteiger partial charge < -0.3 is 9.26 Å². The summed E-state index contributed by atoms with van der Waals surface area (Å²) in [6.07, 6.45) is 9.56. The molecule has 1 atom stereocenters. The van der Waals surface area contributed by atoms with Gasteiger partial charge in [-0.3, -0.25) is 5.32 Å². The summed E-state index contributed by atoms with van der Waals surface area (Å²) in [4.78, 5) is 4.29. The average Bonchev–Trinajstić information content (AvgIpc) is 2.79. The fourth-order valence-corrected chi connectivity index (χ4v) is 1.86. The summed E-state index contributed by atoms with van der Waals surface area (Å²) >= 11 is 0. The Balaban J connectivity index is 1.79. The Hall–Kier alpha value is -1.38. The van der Waals surface area contributed by atoms with E-state index >= 15 is 0 Å². The second-order valence-electron chi connectivity index (χ2n) is 4.10.